The van der Waals surface area contributed by atoms with E-state index in [0.717, 1.165) is 47.3 Å². The van der Waals surface area contributed by atoms with Crippen molar-refractivity contribution in [3.05, 3.63) is 121 Å². The van der Waals surface area contributed by atoms with E-state index in [0.29, 0.717) is 6.61 Å². The van der Waals surface area contributed by atoms with Crippen molar-refractivity contribution in [1.29, 1.82) is 0 Å². The second-order valence-electron chi connectivity index (χ2n) is 8.07. The normalized spacial score (nSPS) is 14.8. The zero-order valence-electron chi connectivity index (χ0n) is 18.9. The van der Waals surface area contributed by atoms with Gasteiger partial charge in [-0.15, -0.1) is 0 Å². The third-order valence-electron chi connectivity index (χ3n) is 5.78. The molecule has 0 atom stereocenters. The number of hydrogen-bond donors (Lipinski definition) is 2. The Hall–Kier alpha value is -3.20. The molecule has 0 spiro atoms. The number of phenols is 2. The van der Waals surface area contributed by atoms with Crippen LogP contribution in [-0.2, 0) is 0 Å². The maximum atomic E-state index is 9.79. The minimum Gasteiger partial charge on any atom is -0.508 e. The summed E-state index contributed by atoms with van der Waals surface area (Å²) < 4.78 is 5.97. The third-order valence-corrected chi connectivity index (χ3v) is 5.78. The van der Waals surface area contributed by atoms with Gasteiger partial charge in [-0.2, -0.15) is 0 Å². The van der Waals surface area contributed by atoms with E-state index in [1.807, 2.05) is 36.4 Å². The van der Waals surface area contributed by atoms with Crippen LogP contribution in [0.25, 0.3) is 11.1 Å². The molecule has 2 N–H and O–H groups in total. The molecule has 0 aliphatic heterocycles. The lowest BCUT2D eigenvalue weighted by Gasteiger charge is -2.17. The number of phenolic OH excluding ortho intramolecular Hbond substituents is 2. The summed E-state index contributed by atoms with van der Waals surface area (Å²) in [5, 5.41) is 19.5. The van der Waals surface area contributed by atoms with Gasteiger partial charge in [0.25, 0.3) is 0 Å². The number of aromatic hydroxyl groups is 2. The fraction of sp³-hybridized carbons (Fsp3) is 0.167. The lowest BCUT2D eigenvalue weighted by atomic mass is 9.88. The summed E-state index contributed by atoms with van der Waals surface area (Å²) >= 11 is 0. The van der Waals surface area contributed by atoms with E-state index in [1.165, 1.54) is 11.5 Å². The number of allylic oxidation sites excluding steroid dienone is 1. The SMILES string of the molecule is CC/C(=C(\c1ccc(O)cc1)c1ccc(OCCC[C]2[CH][CH][CH][CH]2)cc1)c1ccc(O)cc1. The van der Waals surface area contributed by atoms with Crippen molar-refractivity contribution in [2.24, 2.45) is 0 Å². The summed E-state index contributed by atoms with van der Waals surface area (Å²) in [6.07, 6.45) is 11.2. The molecule has 1 aliphatic rings. The van der Waals surface area contributed by atoms with Crippen LogP contribution in [0.15, 0.2) is 72.8 Å². The molecule has 1 aliphatic carbocycles. The first-order valence-corrected chi connectivity index (χ1v) is 11.4. The van der Waals surface area contributed by atoms with Gasteiger partial charge in [0.15, 0.2) is 0 Å². The quantitative estimate of drug-likeness (QED) is 0.279. The Morgan fingerprint density at radius 1 is 0.697 bits per heavy atom. The standard InChI is InChI=1S/C30H29O3/c1-2-29(23-9-15-26(31)16-10-23)30(24-11-17-27(32)18-12-24)25-13-19-28(20-14-25)33-21-5-8-22-6-3-4-7-22/h3-4,6-7,9-20,31-32H,2,5,8,21H2,1H3/b30-29-. The topological polar surface area (TPSA) is 49.7 Å². The molecule has 0 amide bonds. The molecule has 4 rings (SSSR count). The summed E-state index contributed by atoms with van der Waals surface area (Å²) in [6.45, 7) is 2.81. The highest BCUT2D eigenvalue weighted by molar-refractivity contribution is 5.98. The molecule has 0 heterocycles. The molecule has 1 saturated carbocycles. The predicted molar refractivity (Wildman–Crippen MR) is 134 cm³/mol. The average molecular weight is 438 g/mol. The zero-order chi connectivity index (χ0) is 23.0. The van der Waals surface area contributed by atoms with Gasteiger partial charge >= 0.3 is 0 Å². The number of rotatable bonds is 9. The van der Waals surface area contributed by atoms with Gasteiger partial charge in [0.1, 0.15) is 17.2 Å². The third kappa shape index (κ3) is 5.98. The van der Waals surface area contributed by atoms with Crippen molar-refractivity contribution in [2.75, 3.05) is 6.61 Å². The molecule has 167 valence electrons. The lowest BCUT2D eigenvalue weighted by molar-refractivity contribution is 0.309. The summed E-state index contributed by atoms with van der Waals surface area (Å²) in [5.74, 6) is 2.69. The molecule has 0 aromatic heterocycles. The Bertz CT molecular complexity index is 1040. The molecule has 1 fully saturated rings. The van der Waals surface area contributed by atoms with E-state index in [4.69, 9.17) is 4.74 Å². The van der Waals surface area contributed by atoms with Crippen LogP contribution in [0, 0.1) is 31.6 Å². The highest BCUT2D eigenvalue weighted by Gasteiger charge is 2.16. The Labute approximate surface area is 197 Å². The second-order valence-corrected chi connectivity index (χ2v) is 8.07. The monoisotopic (exact) mass is 437 g/mol. The van der Waals surface area contributed by atoms with Gasteiger partial charge < -0.3 is 14.9 Å². The molecule has 0 unspecified atom stereocenters. The smallest absolute Gasteiger partial charge is 0.119 e. The van der Waals surface area contributed by atoms with Gasteiger partial charge in [0.2, 0.25) is 0 Å². The van der Waals surface area contributed by atoms with Crippen LogP contribution in [0.3, 0.4) is 0 Å². The first-order valence-electron chi connectivity index (χ1n) is 11.4. The summed E-state index contributed by atoms with van der Waals surface area (Å²) in [6, 6.07) is 22.8. The van der Waals surface area contributed by atoms with Crippen LogP contribution >= 0.6 is 0 Å². The molecule has 5 radical (unpaired) electrons. The van der Waals surface area contributed by atoms with Crippen LogP contribution < -0.4 is 4.74 Å². The molecule has 3 aromatic rings. The summed E-state index contributed by atoms with van der Waals surface area (Å²) in [5.41, 5.74) is 5.44. The molecule has 3 aromatic carbocycles. The van der Waals surface area contributed by atoms with Gasteiger partial charge in [0.05, 0.1) is 6.61 Å². The van der Waals surface area contributed by atoms with Gasteiger partial charge in [-0.1, -0.05) is 43.3 Å². The minimum absolute atomic E-state index is 0.242. The largest absolute Gasteiger partial charge is 0.508 e. The van der Waals surface area contributed by atoms with Crippen molar-refractivity contribution < 1.29 is 14.9 Å². The van der Waals surface area contributed by atoms with Crippen molar-refractivity contribution in [1.82, 2.24) is 0 Å². The van der Waals surface area contributed by atoms with Gasteiger partial charge in [-0.3, -0.25) is 0 Å². The molecular formula is C30H29O3. The Kier molecular flexibility index (Phi) is 7.72. The lowest BCUT2D eigenvalue weighted by Crippen LogP contribution is -2.01. The van der Waals surface area contributed by atoms with E-state index in [-0.39, 0.29) is 11.5 Å². The van der Waals surface area contributed by atoms with E-state index in [2.05, 4.69) is 44.7 Å². The van der Waals surface area contributed by atoms with Crippen LogP contribution in [-0.4, -0.2) is 16.8 Å². The van der Waals surface area contributed by atoms with E-state index in [1.54, 1.807) is 24.3 Å². The fourth-order valence-corrected chi connectivity index (χ4v) is 4.10. The van der Waals surface area contributed by atoms with E-state index < -0.39 is 0 Å². The molecule has 3 heteroatoms. The number of hydrogen-bond acceptors (Lipinski definition) is 3. The van der Waals surface area contributed by atoms with Crippen molar-refractivity contribution in [3.8, 4) is 17.2 Å². The molecule has 0 bridgehead atoms. The molecule has 0 saturated heterocycles. The highest BCUT2D eigenvalue weighted by atomic mass is 16.5. The summed E-state index contributed by atoms with van der Waals surface area (Å²) in [4.78, 5) is 0. The Morgan fingerprint density at radius 2 is 1.21 bits per heavy atom. The molecular weight excluding hydrogens is 408 g/mol. The van der Waals surface area contributed by atoms with Crippen LogP contribution in [0.2, 0.25) is 0 Å². The number of benzene rings is 3. The molecule has 3 nitrogen and oxygen atoms in total. The molecule has 33 heavy (non-hydrogen) atoms. The van der Waals surface area contributed by atoms with Crippen molar-refractivity contribution in [3.63, 3.8) is 0 Å². The van der Waals surface area contributed by atoms with Crippen molar-refractivity contribution in [2.45, 2.75) is 26.2 Å². The van der Waals surface area contributed by atoms with E-state index >= 15 is 0 Å². The van der Waals surface area contributed by atoms with Crippen molar-refractivity contribution >= 4 is 11.1 Å². The van der Waals surface area contributed by atoms with Gasteiger partial charge in [-0.25, -0.2) is 0 Å². The van der Waals surface area contributed by atoms with Crippen LogP contribution in [0.5, 0.6) is 17.2 Å². The van der Waals surface area contributed by atoms with E-state index in [9.17, 15) is 10.2 Å². The zero-order valence-corrected chi connectivity index (χ0v) is 18.9. The fourth-order valence-electron chi connectivity index (χ4n) is 4.10. The maximum Gasteiger partial charge on any atom is 0.119 e. The minimum atomic E-state index is 0.242. The Morgan fingerprint density at radius 3 is 1.76 bits per heavy atom. The first-order chi connectivity index (χ1) is 16.1. The highest BCUT2D eigenvalue weighted by Crippen LogP contribution is 2.36. The average Bonchev–Trinajstić information content (AvgIpc) is 3.36. The van der Waals surface area contributed by atoms with Gasteiger partial charge in [0, 0.05) is 0 Å². The second kappa shape index (κ2) is 11.1. The van der Waals surface area contributed by atoms with Crippen LogP contribution in [0.1, 0.15) is 42.9 Å². The Balaban J connectivity index is 1.57. The maximum absolute atomic E-state index is 9.79. The predicted octanol–water partition coefficient (Wildman–Crippen LogP) is 7.03. The van der Waals surface area contributed by atoms with Gasteiger partial charge in [-0.05, 0) is 115 Å². The number of ether oxygens (including phenoxy) is 1. The van der Waals surface area contributed by atoms with Crippen LogP contribution in [0.4, 0.5) is 0 Å². The first kappa shape index (κ1) is 23.0. The summed E-state index contributed by atoms with van der Waals surface area (Å²) in [7, 11) is 0.